The number of nitro benzene ring substituents is 1. The van der Waals surface area contributed by atoms with E-state index in [2.05, 4.69) is 145 Å². The van der Waals surface area contributed by atoms with E-state index >= 15 is 0 Å². The zero-order valence-corrected chi connectivity index (χ0v) is 51.2. The number of rotatable bonds is 10. The fraction of sp³-hybridized carbons (Fsp3) is 0. The molecule has 14 nitrogen and oxygen atoms in total. The Morgan fingerprint density at radius 1 is 0.312 bits per heavy atom. The highest BCUT2D eigenvalue weighted by Crippen LogP contribution is 2.40. The number of hydrogen-bond donors (Lipinski definition) is 1. The van der Waals surface area contributed by atoms with E-state index < -0.39 is 0 Å². The molecule has 0 unspecified atom stereocenters. The lowest BCUT2D eigenvalue weighted by Gasteiger charge is -2.11. The van der Waals surface area contributed by atoms with Gasteiger partial charge in [0.1, 0.15) is 0 Å². The summed E-state index contributed by atoms with van der Waals surface area (Å²) in [5.74, 6) is 3.61. The molecule has 19 aromatic rings. The van der Waals surface area contributed by atoms with Crippen LogP contribution < -0.4 is 0 Å². The summed E-state index contributed by atoms with van der Waals surface area (Å²) in [4.78, 5) is 45.0. The number of aromatic nitrogens is 11. The molecule has 12 aromatic carbocycles. The van der Waals surface area contributed by atoms with Gasteiger partial charge in [-0.2, -0.15) is 19.9 Å². The molecule has 7 aromatic heterocycles. The van der Waals surface area contributed by atoms with E-state index in [9.17, 15) is 10.1 Å². The Morgan fingerprint density at radius 3 is 1.27 bits per heavy atom. The molecule has 0 saturated heterocycles. The van der Waals surface area contributed by atoms with Gasteiger partial charge in [-0.25, -0.2) is 9.97 Å². The topological polar surface area (TPSA) is 156 Å². The van der Waals surface area contributed by atoms with Gasteiger partial charge in [-0.05, 0) is 96.6 Å². The number of nitrogens with one attached hydrogen (secondary N) is 1. The van der Waals surface area contributed by atoms with E-state index in [0.29, 0.717) is 40.8 Å². The minimum atomic E-state index is -0.335. The van der Waals surface area contributed by atoms with Gasteiger partial charge in [-0.15, -0.1) is 0 Å². The molecule has 0 bridgehead atoms. The Balaban J connectivity index is 0.000000140. The van der Waals surface area contributed by atoms with Crippen molar-refractivity contribution < 1.29 is 4.92 Å². The minimum absolute atomic E-state index is 0.0908. The monoisotopic (exact) mass is 1240 g/mol. The van der Waals surface area contributed by atoms with Gasteiger partial charge in [0, 0.05) is 101 Å². The molecule has 452 valence electrons. The summed E-state index contributed by atoms with van der Waals surface area (Å²) in [6, 6.07) is 100. The van der Waals surface area contributed by atoms with Crippen molar-refractivity contribution in [3.63, 3.8) is 0 Å². The molecule has 0 aliphatic carbocycles. The summed E-state index contributed by atoms with van der Waals surface area (Å²) >= 11 is 0. The molecule has 0 atom stereocenters. The number of nitrogens with zero attached hydrogens (tertiary/aromatic N) is 11. The van der Waals surface area contributed by atoms with Gasteiger partial charge in [0.05, 0.1) is 49.1 Å². The van der Waals surface area contributed by atoms with Crippen LogP contribution in [0, 0.1) is 10.1 Å². The van der Waals surface area contributed by atoms with Crippen molar-refractivity contribution in [2.75, 3.05) is 0 Å². The average molecular weight is 1240 g/mol. The fourth-order valence-corrected chi connectivity index (χ4v) is 13.6. The Kier molecular flexibility index (Phi) is 13.1. The second kappa shape index (κ2) is 22.7. The molecule has 0 amide bonds. The number of H-pyrrole nitrogens is 1. The van der Waals surface area contributed by atoms with E-state index in [4.69, 9.17) is 29.9 Å². The second-order valence-corrected chi connectivity index (χ2v) is 23.6. The molecular weight excluding hydrogens is 1180 g/mol. The lowest BCUT2D eigenvalue weighted by molar-refractivity contribution is -0.384. The largest absolute Gasteiger partial charge is 0.354 e. The zero-order valence-electron chi connectivity index (χ0n) is 51.2. The summed E-state index contributed by atoms with van der Waals surface area (Å²) in [5.41, 5.74) is 15.8. The first-order valence-corrected chi connectivity index (χ1v) is 31.6. The summed E-state index contributed by atoms with van der Waals surface area (Å²) in [7, 11) is 0. The third kappa shape index (κ3) is 9.42. The van der Waals surface area contributed by atoms with E-state index in [1.807, 2.05) is 170 Å². The predicted molar refractivity (Wildman–Crippen MR) is 385 cm³/mol. The molecule has 0 fully saturated rings. The van der Waals surface area contributed by atoms with Gasteiger partial charge in [0.25, 0.3) is 5.69 Å². The Morgan fingerprint density at radius 2 is 0.740 bits per heavy atom. The maximum Gasteiger partial charge on any atom is 0.277 e. The Labute approximate surface area is 547 Å². The van der Waals surface area contributed by atoms with Crippen molar-refractivity contribution in [2.24, 2.45) is 0 Å². The minimum Gasteiger partial charge on any atom is -0.354 e. The van der Waals surface area contributed by atoms with Crippen LogP contribution in [0.15, 0.2) is 310 Å². The molecule has 1 N–H and O–H groups in total. The highest BCUT2D eigenvalue weighted by molar-refractivity contribution is 6.17. The first-order chi connectivity index (χ1) is 47.4. The van der Waals surface area contributed by atoms with Crippen LogP contribution in [0.5, 0.6) is 0 Å². The normalized spacial score (nSPS) is 11.6. The van der Waals surface area contributed by atoms with Crippen LogP contribution in [0.4, 0.5) is 5.69 Å². The Hall–Kier alpha value is -13.5. The van der Waals surface area contributed by atoms with Gasteiger partial charge < -0.3 is 14.1 Å². The van der Waals surface area contributed by atoms with Crippen molar-refractivity contribution in [3.05, 3.63) is 320 Å². The lowest BCUT2D eigenvalue weighted by Crippen LogP contribution is -2.06. The maximum atomic E-state index is 11.7. The summed E-state index contributed by atoms with van der Waals surface area (Å²) < 4.78 is 8.70. The summed E-state index contributed by atoms with van der Waals surface area (Å²) in [6.45, 7) is 0. The molecule has 19 rings (SSSR count). The molecular formula is C82H52N12O2. The molecule has 96 heavy (non-hydrogen) atoms. The third-order valence-electron chi connectivity index (χ3n) is 18.1. The number of nitro groups is 1. The molecule has 7 heterocycles. The number of benzene rings is 12. The van der Waals surface area contributed by atoms with Crippen molar-refractivity contribution in [3.8, 4) is 79.9 Å². The molecule has 0 aliphatic heterocycles. The van der Waals surface area contributed by atoms with E-state index in [0.717, 1.165) is 105 Å². The second-order valence-electron chi connectivity index (χ2n) is 23.6. The predicted octanol–water partition coefficient (Wildman–Crippen LogP) is 19.7. The SMILES string of the molecule is O=[N+]([O-])c1ccccc1-c1ccc2c(ccn2-c2ccc3c(c2)c2ccccc2n3-c2nc(-c3ccccc3)nc(-c3ccccc3)n2)c1.c1ccc(-c2nc(-c3ccccc3)nc(-n3c4ccccc4c4cc(-n5ccc6c7[nH]c8ccccc8c7ccc65)ccc43)n2)cc1. The standard InChI is InChI=1S/C41H26N6O2.C41H26N6/c48-47(49)38-18-10-7-15-32(38)29-19-21-35-30(25-29)23-24-45(35)31-20-22-37-34(26-31)33-16-8-9-17-36(33)46(37)41-43-39(27-11-3-1-4-12-27)42-40(44-41)28-13-5-2-6-14-28;1-3-11-26(12-4-1)39-43-40(27-13-5-2-6-14-27)45-41(44-39)47-36-18-10-8-16-30(36)33-25-28(19-21-37(33)47)46-24-23-32-35(46)22-20-31-29-15-7-9-17-34(29)42-38(31)32/h1-26H;1-25,42H. The quantitative estimate of drug-likeness (QED) is 0.105. The van der Waals surface area contributed by atoms with E-state index in [1.54, 1.807) is 18.2 Å². The van der Waals surface area contributed by atoms with Gasteiger partial charge in [-0.1, -0.05) is 200 Å². The highest BCUT2D eigenvalue weighted by Gasteiger charge is 2.23. The first-order valence-electron chi connectivity index (χ1n) is 31.6. The molecule has 14 heteroatoms. The van der Waals surface area contributed by atoms with Crippen LogP contribution in [-0.4, -0.2) is 58.1 Å². The van der Waals surface area contributed by atoms with Gasteiger partial charge in [0.15, 0.2) is 23.3 Å². The summed E-state index contributed by atoms with van der Waals surface area (Å²) in [5, 5.41) is 20.8. The Bertz CT molecular complexity index is 6140. The molecule has 0 spiro atoms. The van der Waals surface area contributed by atoms with E-state index in [1.165, 1.54) is 21.7 Å². The van der Waals surface area contributed by atoms with Crippen LogP contribution >= 0.6 is 0 Å². The molecule has 0 saturated carbocycles. The van der Waals surface area contributed by atoms with Crippen molar-refractivity contribution in [1.29, 1.82) is 0 Å². The van der Waals surface area contributed by atoms with Crippen molar-refractivity contribution in [1.82, 2.24) is 53.2 Å². The fourth-order valence-electron chi connectivity index (χ4n) is 13.6. The maximum absolute atomic E-state index is 11.7. The third-order valence-corrected chi connectivity index (χ3v) is 18.1. The van der Waals surface area contributed by atoms with Crippen LogP contribution in [0.25, 0.3) is 167 Å². The highest BCUT2D eigenvalue weighted by atomic mass is 16.6. The first kappa shape index (κ1) is 55.4. The van der Waals surface area contributed by atoms with Crippen LogP contribution in [0.3, 0.4) is 0 Å². The van der Waals surface area contributed by atoms with E-state index in [-0.39, 0.29) is 10.6 Å². The van der Waals surface area contributed by atoms with Gasteiger partial charge >= 0.3 is 0 Å². The van der Waals surface area contributed by atoms with Crippen molar-refractivity contribution >= 4 is 92.9 Å². The van der Waals surface area contributed by atoms with Gasteiger partial charge in [-0.3, -0.25) is 19.2 Å². The molecule has 0 aliphatic rings. The number of fused-ring (bicyclic) bond motifs is 12. The van der Waals surface area contributed by atoms with Crippen LogP contribution in [0.2, 0.25) is 0 Å². The molecule has 0 radical (unpaired) electrons. The average Bonchev–Trinajstić information content (AvgIpc) is 1.59. The summed E-state index contributed by atoms with van der Waals surface area (Å²) in [6.07, 6.45) is 4.21. The lowest BCUT2D eigenvalue weighted by atomic mass is 10.0. The zero-order chi connectivity index (χ0) is 63.8. The van der Waals surface area contributed by atoms with Crippen molar-refractivity contribution in [2.45, 2.75) is 0 Å². The number of hydrogen-bond acceptors (Lipinski definition) is 8. The number of aromatic amines is 1. The van der Waals surface area contributed by atoms with Crippen LogP contribution in [0.1, 0.15) is 0 Å². The van der Waals surface area contributed by atoms with Crippen LogP contribution in [-0.2, 0) is 0 Å². The number of para-hydroxylation sites is 4. The van der Waals surface area contributed by atoms with Gasteiger partial charge in [0.2, 0.25) is 11.9 Å². The smallest absolute Gasteiger partial charge is 0.277 e.